The lowest BCUT2D eigenvalue weighted by Gasteiger charge is -2.22. The Morgan fingerprint density at radius 1 is 1.39 bits per heavy atom. The first kappa shape index (κ1) is 12.6. The summed E-state index contributed by atoms with van der Waals surface area (Å²) in [6.07, 6.45) is 3.49. The van der Waals surface area contributed by atoms with Crippen LogP contribution in [0.5, 0.6) is 0 Å². The van der Waals surface area contributed by atoms with Gasteiger partial charge >= 0.3 is 0 Å². The van der Waals surface area contributed by atoms with E-state index in [0.717, 1.165) is 31.4 Å². The van der Waals surface area contributed by atoms with E-state index in [1.807, 2.05) is 19.9 Å². The van der Waals surface area contributed by atoms with Crippen molar-refractivity contribution in [1.29, 1.82) is 5.26 Å². The Morgan fingerprint density at radius 3 is 2.61 bits per heavy atom. The number of amides is 1. The second-order valence-corrected chi connectivity index (χ2v) is 4.94. The van der Waals surface area contributed by atoms with Crippen LogP contribution < -0.4 is 5.32 Å². The number of pyridine rings is 1. The third-order valence-corrected chi connectivity index (χ3v) is 3.49. The number of aryl methyl sites for hydroxylation is 2. The molecule has 1 aliphatic rings. The molecule has 1 aromatic heterocycles. The fraction of sp³-hybridized carbons (Fsp3) is 0.500. The Labute approximate surface area is 107 Å². The summed E-state index contributed by atoms with van der Waals surface area (Å²) in [5.74, 6) is -0.191. The van der Waals surface area contributed by atoms with Crippen molar-refractivity contribution in [3.8, 4) is 6.07 Å². The van der Waals surface area contributed by atoms with Crippen molar-refractivity contribution in [2.45, 2.75) is 45.1 Å². The normalized spacial score (nSPS) is 17.2. The van der Waals surface area contributed by atoms with Crippen molar-refractivity contribution in [2.24, 2.45) is 0 Å². The van der Waals surface area contributed by atoms with Gasteiger partial charge in [0.25, 0.3) is 5.91 Å². The lowest BCUT2D eigenvalue weighted by Crippen LogP contribution is -2.45. The fourth-order valence-electron chi connectivity index (χ4n) is 2.45. The molecule has 4 heteroatoms. The highest BCUT2D eigenvalue weighted by molar-refractivity contribution is 5.96. The Balaban J connectivity index is 2.19. The number of hydrogen-bond acceptors (Lipinski definition) is 3. The quantitative estimate of drug-likeness (QED) is 0.866. The third-order valence-electron chi connectivity index (χ3n) is 3.49. The first-order chi connectivity index (χ1) is 8.56. The van der Waals surface area contributed by atoms with E-state index in [9.17, 15) is 10.1 Å². The zero-order chi connectivity index (χ0) is 13.2. The highest BCUT2D eigenvalue weighted by atomic mass is 16.1. The molecule has 0 atom stereocenters. The maximum atomic E-state index is 12.2. The van der Waals surface area contributed by atoms with Gasteiger partial charge < -0.3 is 5.32 Å². The van der Waals surface area contributed by atoms with Gasteiger partial charge in [0.15, 0.2) is 0 Å². The van der Waals surface area contributed by atoms with Crippen LogP contribution in [0.15, 0.2) is 12.1 Å². The molecule has 0 radical (unpaired) electrons. The van der Waals surface area contributed by atoms with Gasteiger partial charge in [0.1, 0.15) is 5.54 Å². The van der Waals surface area contributed by atoms with E-state index in [-0.39, 0.29) is 5.91 Å². The fourth-order valence-corrected chi connectivity index (χ4v) is 2.45. The van der Waals surface area contributed by atoms with Gasteiger partial charge in [-0.05, 0) is 51.7 Å². The predicted octanol–water partition coefficient (Wildman–Crippen LogP) is 2.26. The molecular weight excluding hydrogens is 226 g/mol. The Morgan fingerprint density at radius 2 is 2.06 bits per heavy atom. The summed E-state index contributed by atoms with van der Waals surface area (Å²) in [5.41, 5.74) is 1.48. The highest BCUT2D eigenvalue weighted by Crippen LogP contribution is 2.29. The largest absolute Gasteiger partial charge is 0.334 e. The summed E-state index contributed by atoms with van der Waals surface area (Å²) in [4.78, 5) is 16.5. The van der Waals surface area contributed by atoms with Gasteiger partial charge in [-0.3, -0.25) is 9.78 Å². The molecule has 0 unspecified atom stereocenters. The second-order valence-electron chi connectivity index (χ2n) is 4.94. The van der Waals surface area contributed by atoms with Crippen molar-refractivity contribution in [3.05, 3.63) is 29.1 Å². The first-order valence-corrected chi connectivity index (χ1v) is 6.24. The molecule has 1 aliphatic carbocycles. The molecule has 1 aromatic rings. The first-order valence-electron chi connectivity index (χ1n) is 6.24. The number of rotatable bonds is 2. The number of hydrogen-bond donors (Lipinski definition) is 1. The molecule has 1 saturated carbocycles. The molecule has 1 N–H and O–H groups in total. The van der Waals surface area contributed by atoms with Crippen LogP contribution in [0.25, 0.3) is 0 Å². The molecule has 0 saturated heterocycles. The van der Waals surface area contributed by atoms with Gasteiger partial charge in [0, 0.05) is 5.69 Å². The Kier molecular flexibility index (Phi) is 3.33. The van der Waals surface area contributed by atoms with Crippen LogP contribution >= 0.6 is 0 Å². The molecule has 2 rings (SSSR count). The van der Waals surface area contributed by atoms with Crippen LogP contribution in [0.4, 0.5) is 0 Å². The van der Waals surface area contributed by atoms with Crippen molar-refractivity contribution in [2.75, 3.05) is 0 Å². The highest BCUT2D eigenvalue weighted by Gasteiger charge is 2.35. The molecule has 0 spiro atoms. The lowest BCUT2D eigenvalue weighted by atomic mass is 9.99. The topological polar surface area (TPSA) is 65.8 Å². The summed E-state index contributed by atoms with van der Waals surface area (Å²) in [7, 11) is 0. The summed E-state index contributed by atoms with van der Waals surface area (Å²) in [5, 5.41) is 12.1. The predicted molar refractivity (Wildman–Crippen MR) is 68.0 cm³/mol. The van der Waals surface area contributed by atoms with E-state index in [1.54, 1.807) is 6.07 Å². The number of nitrogens with one attached hydrogen (secondary N) is 1. The number of nitrogens with zero attached hydrogens (tertiary/aromatic N) is 2. The number of carbonyl (C=O) groups excluding carboxylic acids is 1. The number of nitriles is 1. The van der Waals surface area contributed by atoms with Gasteiger partial charge in [0.05, 0.1) is 17.3 Å². The third kappa shape index (κ3) is 2.35. The van der Waals surface area contributed by atoms with Crippen LogP contribution in [0.1, 0.15) is 47.4 Å². The average molecular weight is 243 g/mol. The minimum absolute atomic E-state index is 0.191. The Bertz CT molecular complexity index is 510. The van der Waals surface area contributed by atoms with E-state index < -0.39 is 5.54 Å². The maximum absolute atomic E-state index is 12.2. The van der Waals surface area contributed by atoms with Crippen LogP contribution in [-0.2, 0) is 0 Å². The van der Waals surface area contributed by atoms with Gasteiger partial charge in [0.2, 0.25) is 0 Å². The molecule has 1 heterocycles. The number of aromatic nitrogens is 1. The molecule has 1 fully saturated rings. The molecule has 4 nitrogen and oxygen atoms in total. The van der Waals surface area contributed by atoms with Crippen LogP contribution in [0.2, 0.25) is 0 Å². The minimum Gasteiger partial charge on any atom is -0.334 e. The van der Waals surface area contributed by atoms with Gasteiger partial charge in [-0.25, -0.2) is 0 Å². The van der Waals surface area contributed by atoms with Crippen molar-refractivity contribution < 1.29 is 4.79 Å². The van der Waals surface area contributed by atoms with Gasteiger partial charge in [-0.1, -0.05) is 0 Å². The summed E-state index contributed by atoms with van der Waals surface area (Å²) >= 11 is 0. The summed E-state index contributed by atoms with van der Waals surface area (Å²) < 4.78 is 0. The standard InChI is InChI=1S/C14H17N3O/c1-10-5-6-12(11(2)16-10)13(18)17-14(9-15)7-3-4-8-14/h5-6H,3-4,7-8H2,1-2H3,(H,17,18). The maximum Gasteiger partial charge on any atom is 0.254 e. The van der Waals surface area contributed by atoms with E-state index >= 15 is 0 Å². The minimum atomic E-state index is -0.672. The van der Waals surface area contributed by atoms with Crippen molar-refractivity contribution in [1.82, 2.24) is 10.3 Å². The van der Waals surface area contributed by atoms with E-state index in [1.165, 1.54) is 0 Å². The smallest absolute Gasteiger partial charge is 0.254 e. The molecule has 0 aliphatic heterocycles. The van der Waals surface area contributed by atoms with E-state index in [2.05, 4.69) is 16.4 Å². The lowest BCUT2D eigenvalue weighted by molar-refractivity contribution is 0.0919. The number of carbonyl (C=O) groups is 1. The average Bonchev–Trinajstić information content (AvgIpc) is 2.78. The van der Waals surface area contributed by atoms with Crippen molar-refractivity contribution >= 4 is 5.91 Å². The van der Waals surface area contributed by atoms with E-state index in [0.29, 0.717) is 11.3 Å². The summed E-state index contributed by atoms with van der Waals surface area (Å²) in [6.45, 7) is 3.71. The molecule has 18 heavy (non-hydrogen) atoms. The molecule has 0 bridgehead atoms. The van der Waals surface area contributed by atoms with Crippen molar-refractivity contribution in [3.63, 3.8) is 0 Å². The monoisotopic (exact) mass is 243 g/mol. The zero-order valence-electron chi connectivity index (χ0n) is 10.8. The van der Waals surface area contributed by atoms with Crippen LogP contribution in [0.3, 0.4) is 0 Å². The molecule has 0 aromatic carbocycles. The Hall–Kier alpha value is -1.89. The SMILES string of the molecule is Cc1ccc(C(=O)NC2(C#N)CCCC2)c(C)n1. The van der Waals surface area contributed by atoms with Crippen LogP contribution in [0, 0.1) is 25.2 Å². The molecular formula is C14H17N3O. The second kappa shape index (κ2) is 4.77. The van der Waals surface area contributed by atoms with Gasteiger partial charge in [-0.15, -0.1) is 0 Å². The molecule has 1 amide bonds. The van der Waals surface area contributed by atoms with E-state index in [4.69, 9.17) is 0 Å². The van der Waals surface area contributed by atoms with Crippen LogP contribution in [-0.4, -0.2) is 16.4 Å². The zero-order valence-corrected chi connectivity index (χ0v) is 10.8. The summed E-state index contributed by atoms with van der Waals surface area (Å²) in [6, 6.07) is 5.84. The molecule has 94 valence electrons. The van der Waals surface area contributed by atoms with Gasteiger partial charge in [-0.2, -0.15) is 5.26 Å².